The van der Waals surface area contributed by atoms with Gasteiger partial charge in [0.25, 0.3) is 0 Å². The Balaban J connectivity index is 2.15. The van der Waals surface area contributed by atoms with Crippen LogP contribution in [0, 0.1) is 5.92 Å². The van der Waals surface area contributed by atoms with Crippen molar-refractivity contribution in [3.05, 3.63) is 0 Å². The third-order valence-electron chi connectivity index (χ3n) is 3.24. The standard InChI is InChI=1S/C11H23NO2/c1-9(10-6-4-5-7-10)12-8-11(13-2)14-3/h9-12H,4-8H2,1-3H3. The zero-order valence-electron chi connectivity index (χ0n) is 9.58. The van der Waals surface area contributed by atoms with E-state index in [0.717, 1.165) is 12.5 Å². The molecule has 3 heteroatoms. The fraction of sp³-hybridized carbons (Fsp3) is 1.00. The van der Waals surface area contributed by atoms with Crippen molar-refractivity contribution in [2.45, 2.75) is 44.9 Å². The summed E-state index contributed by atoms with van der Waals surface area (Å²) in [6.45, 7) is 3.04. The van der Waals surface area contributed by atoms with Crippen molar-refractivity contribution in [1.29, 1.82) is 0 Å². The molecule has 0 saturated heterocycles. The van der Waals surface area contributed by atoms with E-state index in [2.05, 4.69) is 12.2 Å². The van der Waals surface area contributed by atoms with E-state index in [0.29, 0.717) is 6.04 Å². The van der Waals surface area contributed by atoms with Crippen molar-refractivity contribution >= 4 is 0 Å². The summed E-state index contributed by atoms with van der Waals surface area (Å²) in [6, 6.07) is 0.588. The lowest BCUT2D eigenvalue weighted by Crippen LogP contribution is -2.39. The van der Waals surface area contributed by atoms with E-state index >= 15 is 0 Å². The van der Waals surface area contributed by atoms with Crippen LogP contribution in [0.4, 0.5) is 0 Å². The summed E-state index contributed by atoms with van der Waals surface area (Å²) in [6.07, 6.45) is 5.43. The first kappa shape index (κ1) is 12.0. The van der Waals surface area contributed by atoms with Crippen LogP contribution in [0.1, 0.15) is 32.6 Å². The summed E-state index contributed by atoms with van der Waals surface area (Å²) in [5.41, 5.74) is 0. The minimum absolute atomic E-state index is 0.112. The lowest BCUT2D eigenvalue weighted by atomic mass is 10.00. The quantitative estimate of drug-likeness (QED) is 0.664. The molecule has 1 aliphatic carbocycles. The average molecular weight is 201 g/mol. The number of methoxy groups -OCH3 is 2. The summed E-state index contributed by atoms with van der Waals surface area (Å²) in [4.78, 5) is 0. The summed E-state index contributed by atoms with van der Waals surface area (Å²) < 4.78 is 10.3. The van der Waals surface area contributed by atoms with Gasteiger partial charge in [0, 0.05) is 26.8 Å². The Hall–Kier alpha value is -0.120. The molecular formula is C11H23NO2. The zero-order chi connectivity index (χ0) is 10.4. The molecule has 1 aliphatic rings. The maximum Gasteiger partial charge on any atom is 0.169 e. The van der Waals surface area contributed by atoms with Crippen LogP contribution in [0.5, 0.6) is 0 Å². The molecule has 0 aromatic carbocycles. The molecular weight excluding hydrogens is 178 g/mol. The normalized spacial score (nSPS) is 20.6. The summed E-state index contributed by atoms with van der Waals surface area (Å²) in [5.74, 6) is 0.851. The van der Waals surface area contributed by atoms with Crippen LogP contribution in [0.15, 0.2) is 0 Å². The highest BCUT2D eigenvalue weighted by Gasteiger charge is 2.21. The molecule has 14 heavy (non-hydrogen) atoms. The molecule has 84 valence electrons. The largest absolute Gasteiger partial charge is 0.355 e. The van der Waals surface area contributed by atoms with E-state index < -0.39 is 0 Å². The van der Waals surface area contributed by atoms with Crippen molar-refractivity contribution in [3.63, 3.8) is 0 Å². The highest BCUT2D eigenvalue weighted by atomic mass is 16.7. The lowest BCUT2D eigenvalue weighted by molar-refractivity contribution is -0.100. The van der Waals surface area contributed by atoms with Gasteiger partial charge in [-0.1, -0.05) is 12.8 Å². The van der Waals surface area contributed by atoms with Gasteiger partial charge in [-0.2, -0.15) is 0 Å². The molecule has 1 fully saturated rings. The Morgan fingerprint density at radius 1 is 1.21 bits per heavy atom. The predicted octanol–water partition coefficient (Wildman–Crippen LogP) is 1.77. The Labute approximate surface area is 87.2 Å². The van der Waals surface area contributed by atoms with Crippen LogP contribution < -0.4 is 5.32 Å². The highest BCUT2D eigenvalue weighted by Crippen LogP contribution is 2.27. The zero-order valence-corrected chi connectivity index (χ0v) is 9.58. The van der Waals surface area contributed by atoms with Crippen molar-refractivity contribution in [3.8, 4) is 0 Å². The van der Waals surface area contributed by atoms with Gasteiger partial charge < -0.3 is 14.8 Å². The second-order valence-electron chi connectivity index (χ2n) is 4.14. The van der Waals surface area contributed by atoms with Gasteiger partial charge in [0.1, 0.15) is 0 Å². The van der Waals surface area contributed by atoms with E-state index in [1.807, 2.05) is 0 Å². The number of nitrogens with one attached hydrogen (secondary N) is 1. The molecule has 0 amide bonds. The maximum atomic E-state index is 5.13. The minimum Gasteiger partial charge on any atom is -0.355 e. The van der Waals surface area contributed by atoms with Crippen LogP contribution in [-0.4, -0.2) is 33.1 Å². The lowest BCUT2D eigenvalue weighted by Gasteiger charge is -2.23. The number of hydrogen-bond donors (Lipinski definition) is 1. The summed E-state index contributed by atoms with van der Waals surface area (Å²) >= 11 is 0. The number of ether oxygens (including phenoxy) is 2. The van der Waals surface area contributed by atoms with Crippen molar-refractivity contribution in [2.24, 2.45) is 5.92 Å². The highest BCUT2D eigenvalue weighted by molar-refractivity contribution is 4.77. The van der Waals surface area contributed by atoms with Gasteiger partial charge in [-0.15, -0.1) is 0 Å². The molecule has 1 rings (SSSR count). The Kier molecular flexibility index (Phi) is 5.45. The molecule has 0 radical (unpaired) electrons. The minimum atomic E-state index is -0.112. The molecule has 3 nitrogen and oxygen atoms in total. The topological polar surface area (TPSA) is 30.5 Å². The maximum absolute atomic E-state index is 5.13. The SMILES string of the molecule is COC(CNC(C)C1CCCC1)OC. The smallest absolute Gasteiger partial charge is 0.169 e. The fourth-order valence-electron chi connectivity index (χ4n) is 2.17. The van der Waals surface area contributed by atoms with Gasteiger partial charge in [-0.25, -0.2) is 0 Å². The van der Waals surface area contributed by atoms with Crippen molar-refractivity contribution in [2.75, 3.05) is 20.8 Å². The van der Waals surface area contributed by atoms with Gasteiger partial charge in [-0.3, -0.25) is 0 Å². The Morgan fingerprint density at radius 3 is 2.29 bits per heavy atom. The molecule has 1 N–H and O–H groups in total. The first-order chi connectivity index (χ1) is 6.77. The summed E-state index contributed by atoms with van der Waals surface area (Å²) in [5, 5.41) is 3.48. The predicted molar refractivity (Wildman–Crippen MR) is 57.2 cm³/mol. The second-order valence-corrected chi connectivity index (χ2v) is 4.14. The van der Waals surface area contributed by atoms with Gasteiger partial charge in [0.2, 0.25) is 0 Å². The van der Waals surface area contributed by atoms with Gasteiger partial charge in [0.15, 0.2) is 6.29 Å². The Morgan fingerprint density at radius 2 is 1.79 bits per heavy atom. The van der Waals surface area contributed by atoms with Gasteiger partial charge in [-0.05, 0) is 25.7 Å². The second kappa shape index (κ2) is 6.38. The van der Waals surface area contributed by atoms with E-state index in [-0.39, 0.29) is 6.29 Å². The van der Waals surface area contributed by atoms with Crippen molar-refractivity contribution in [1.82, 2.24) is 5.32 Å². The van der Waals surface area contributed by atoms with E-state index in [1.54, 1.807) is 14.2 Å². The molecule has 1 saturated carbocycles. The monoisotopic (exact) mass is 201 g/mol. The van der Waals surface area contributed by atoms with E-state index in [1.165, 1.54) is 25.7 Å². The third kappa shape index (κ3) is 3.56. The molecule has 0 heterocycles. The van der Waals surface area contributed by atoms with Gasteiger partial charge in [0.05, 0.1) is 0 Å². The molecule has 0 aliphatic heterocycles. The third-order valence-corrected chi connectivity index (χ3v) is 3.24. The van der Waals surface area contributed by atoms with E-state index in [9.17, 15) is 0 Å². The molecule has 0 spiro atoms. The molecule has 0 aromatic heterocycles. The van der Waals surface area contributed by atoms with Crippen LogP contribution in [-0.2, 0) is 9.47 Å². The van der Waals surface area contributed by atoms with Gasteiger partial charge >= 0.3 is 0 Å². The molecule has 0 bridgehead atoms. The molecule has 1 atom stereocenters. The molecule has 0 aromatic rings. The van der Waals surface area contributed by atoms with Crippen LogP contribution in [0.25, 0.3) is 0 Å². The van der Waals surface area contributed by atoms with Crippen LogP contribution in [0.3, 0.4) is 0 Å². The fourth-order valence-corrected chi connectivity index (χ4v) is 2.17. The Bertz CT molecular complexity index is 142. The molecule has 1 unspecified atom stereocenters. The summed E-state index contributed by atoms with van der Waals surface area (Å²) in [7, 11) is 3.35. The van der Waals surface area contributed by atoms with Crippen LogP contribution >= 0.6 is 0 Å². The number of hydrogen-bond acceptors (Lipinski definition) is 3. The first-order valence-electron chi connectivity index (χ1n) is 5.57. The van der Waals surface area contributed by atoms with Crippen LogP contribution in [0.2, 0.25) is 0 Å². The van der Waals surface area contributed by atoms with E-state index in [4.69, 9.17) is 9.47 Å². The number of rotatable bonds is 6. The average Bonchev–Trinajstić information content (AvgIpc) is 2.72. The first-order valence-corrected chi connectivity index (χ1v) is 5.57. The van der Waals surface area contributed by atoms with Crippen molar-refractivity contribution < 1.29 is 9.47 Å².